The Bertz CT molecular complexity index is 485. The molecule has 0 saturated carbocycles. The number of allylic oxidation sites excluding steroid dienone is 2. The Morgan fingerprint density at radius 1 is 1.55 bits per heavy atom. The second-order valence-electron chi connectivity index (χ2n) is 5.95. The smallest absolute Gasteiger partial charge is 0.227 e. The molecule has 1 aliphatic heterocycles. The van der Waals surface area contributed by atoms with Gasteiger partial charge in [-0.3, -0.25) is 0 Å². The lowest BCUT2D eigenvalue weighted by Gasteiger charge is -2.41. The van der Waals surface area contributed by atoms with Crippen LogP contribution in [0.3, 0.4) is 0 Å². The molecule has 110 valence electrons. The first-order valence-corrected chi connectivity index (χ1v) is 7.12. The average molecular weight is 276 g/mol. The molecule has 5 nitrogen and oxygen atoms in total. The third-order valence-electron chi connectivity index (χ3n) is 3.89. The summed E-state index contributed by atoms with van der Waals surface area (Å²) in [6, 6.07) is 1.69. The summed E-state index contributed by atoms with van der Waals surface area (Å²) in [5.41, 5.74) is 6.92. The Morgan fingerprint density at radius 3 is 3.00 bits per heavy atom. The molecule has 0 bridgehead atoms. The molecule has 20 heavy (non-hydrogen) atoms. The molecule has 1 aromatic rings. The lowest BCUT2D eigenvalue weighted by atomic mass is 9.77. The standard InChI is InChI=1S/C15H24N4O/c1-12(2)4-7-15(11-20)6-3-9-19(10-15)14-17-8-5-13(16)18-14/h4-5,8,20H,3,6-7,9-11H2,1-2H3,(H2,16,17,18)/t15-/m0/s1. The fraction of sp³-hybridized carbons (Fsp3) is 0.600. The van der Waals surface area contributed by atoms with Crippen LogP contribution in [0.15, 0.2) is 23.9 Å². The van der Waals surface area contributed by atoms with Crippen molar-refractivity contribution >= 4 is 11.8 Å². The molecule has 1 saturated heterocycles. The number of hydrogen-bond donors (Lipinski definition) is 2. The van der Waals surface area contributed by atoms with Crippen LogP contribution < -0.4 is 10.6 Å². The van der Waals surface area contributed by atoms with Gasteiger partial charge in [0.1, 0.15) is 5.82 Å². The van der Waals surface area contributed by atoms with Gasteiger partial charge in [-0.05, 0) is 39.2 Å². The quantitative estimate of drug-likeness (QED) is 0.823. The summed E-state index contributed by atoms with van der Waals surface area (Å²) < 4.78 is 0. The lowest BCUT2D eigenvalue weighted by molar-refractivity contribution is 0.107. The molecule has 2 heterocycles. The predicted molar refractivity (Wildman–Crippen MR) is 81.5 cm³/mol. The SMILES string of the molecule is CC(C)=CC[C@@]1(CO)CCCN(c2nccc(N)n2)C1. The van der Waals surface area contributed by atoms with Crippen molar-refractivity contribution in [1.29, 1.82) is 0 Å². The predicted octanol–water partition coefficient (Wildman–Crippen LogP) is 1.99. The largest absolute Gasteiger partial charge is 0.396 e. The molecule has 1 aromatic heterocycles. The number of aliphatic hydroxyl groups excluding tert-OH is 1. The minimum Gasteiger partial charge on any atom is -0.396 e. The van der Waals surface area contributed by atoms with E-state index in [1.165, 1.54) is 5.57 Å². The first kappa shape index (κ1) is 14.8. The summed E-state index contributed by atoms with van der Waals surface area (Å²) in [5.74, 6) is 1.15. The Labute approximate surface area is 120 Å². The Kier molecular flexibility index (Phi) is 4.60. The van der Waals surface area contributed by atoms with E-state index in [1.54, 1.807) is 12.3 Å². The zero-order chi connectivity index (χ0) is 14.6. The summed E-state index contributed by atoms with van der Waals surface area (Å²) in [6.45, 7) is 6.06. The van der Waals surface area contributed by atoms with Gasteiger partial charge in [0.25, 0.3) is 0 Å². The third kappa shape index (κ3) is 3.48. The first-order chi connectivity index (χ1) is 9.54. The molecule has 0 aliphatic carbocycles. The molecule has 0 unspecified atom stereocenters. The van der Waals surface area contributed by atoms with Crippen LogP contribution in [0.25, 0.3) is 0 Å². The van der Waals surface area contributed by atoms with Gasteiger partial charge >= 0.3 is 0 Å². The lowest BCUT2D eigenvalue weighted by Crippen LogP contribution is -2.46. The normalized spacial score (nSPS) is 22.6. The second-order valence-corrected chi connectivity index (χ2v) is 5.95. The molecule has 0 radical (unpaired) electrons. The van der Waals surface area contributed by atoms with Crippen LogP contribution in [-0.4, -0.2) is 34.8 Å². The molecule has 3 N–H and O–H groups in total. The highest BCUT2D eigenvalue weighted by molar-refractivity contribution is 5.38. The van der Waals surface area contributed by atoms with E-state index in [-0.39, 0.29) is 12.0 Å². The molecule has 0 amide bonds. The van der Waals surface area contributed by atoms with Crippen LogP contribution in [-0.2, 0) is 0 Å². The van der Waals surface area contributed by atoms with Gasteiger partial charge in [-0.2, -0.15) is 4.98 Å². The van der Waals surface area contributed by atoms with Gasteiger partial charge in [0.2, 0.25) is 5.95 Å². The summed E-state index contributed by atoms with van der Waals surface area (Å²) in [6.07, 6.45) is 6.86. The monoisotopic (exact) mass is 276 g/mol. The molecular weight excluding hydrogens is 252 g/mol. The number of nitrogens with zero attached hydrogens (tertiary/aromatic N) is 3. The van der Waals surface area contributed by atoms with E-state index in [9.17, 15) is 5.11 Å². The Morgan fingerprint density at radius 2 is 2.35 bits per heavy atom. The van der Waals surface area contributed by atoms with Crippen molar-refractivity contribution in [2.24, 2.45) is 5.41 Å². The van der Waals surface area contributed by atoms with Crippen LogP contribution >= 0.6 is 0 Å². The molecule has 0 aromatic carbocycles. The van der Waals surface area contributed by atoms with E-state index < -0.39 is 0 Å². The highest BCUT2D eigenvalue weighted by atomic mass is 16.3. The number of hydrogen-bond acceptors (Lipinski definition) is 5. The average Bonchev–Trinajstić information content (AvgIpc) is 2.45. The topological polar surface area (TPSA) is 75.3 Å². The maximum absolute atomic E-state index is 9.85. The van der Waals surface area contributed by atoms with E-state index in [4.69, 9.17) is 5.73 Å². The van der Waals surface area contributed by atoms with Crippen molar-refractivity contribution in [3.63, 3.8) is 0 Å². The van der Waals surface area contributed by atoms with Gasteiger partial charge in [0.05, 0.1) is 6.61 Å². The fourth-order valence-corrected chi connectivity index (χ4v) is 2.67. The Balaban J connectivity index is 2.16. The van der Waals surface area contributed by atoms with Crippen LogP contribution in [0.2, 0.25) is 0 Å². The number of nitrogen functional groups attached to an aromatic ring is 1. The van der Waals surface area contributed by atoms with Gasteiger partial charge in [-0.25, -0.2) is 4.98 Å². The molecule has 1 fully saturated rings. The number of piperidine rings is 1. The molecular formula is C15H24N4O. The van der Waals surface area contributed by atoms with Gasteiger partial charge in [0.15, 0.2) is 0 Å². The highest BCUT2D eigenvalue weighted by Crippen LogP contribution is 2.35. The van der Waals surface area contributed by atoms with E-state index in [1.807, 2.05) is 0 Å². The van der Waals surface area contributed by atoms with E-state index in [2.05, 4.69) is 34.8 Å². The number of aromatic nitrogens is 2. The molecule has 5 heteroatoms. The minimum absolute atomic E-state index is 0.0938. The van der Waals surface area contributed by atoms with Crippen LogP contribution in [0.1, 0.15) is 33.1 Å². The maximum Gasteiger partial charge on any atom is 0.227 e. The van der Waals surface area contributed by atoms with Gasteiger partial charge in [-0.1, -0.05) is 11.6 Å². The summed E-state index contributed by atoms with van der Waals surface area (Å²) in [4.78, 5) is 10.7. The van der Waals surface area contributed by atoms with E-state index >= 15 is 0 Å². The van der Waals surface area contributed by atoms with Gasteiger partial charge < -0.3 is 15.7 Å². The number of anilines is 2. The van der Waals surface area contributed by atoms with E-state index in [0.29, 0.717) is 11.8 Å². The van der Waals surface area contributed by atoms with Gasteiger partial charge in [-0.15, -0.1) is 0 Å². The zero-order valence-corrected chi connectivity index (χ0v) is 12.3. The second kappa shape index (κ2) is 6.22. The molecule has 1 atom stereocenters. The first-order valence-electron chi connectivity index (χ1n) is 7.12. The van der Waals surface area contributed by atoms with Crippen molar-refractivity contribution in [1.82, 2.24) is 9.97 Å². The third-order valence-corrected chi connectivity index (χ3v) is 3.89. The van der Waals surface area contributed by atoms with Crippen LogP contribution in [0, 0.1) is 5.41 Å². The van der Waals surface area contributed by atoms with Crippen molar-refractivity contribution in [3.8, 4) is 0 Å². The zero-order valence-electron chi connectivity index (χ0n) is 12.3. The van der Waals surface area contributed by atoms with Gasteiger partial charge in [0, 0.05) is 24.7 Å². The summed E-state index contributed by atoms with van der Waals surface area (Å²) in [5, 5.41) is 9.85. The summed E-state index contributed by atoms with van der Waals surface area (Å²) in [7, 11) is 0. The van der Waals surface area contributed by atoms with Crippen molar-refractivity contribution in [2.75, 3.05) is 30.3 Å². The Hall–Kier alpha value is -1.62. The number of aliphatic hydroxyl groups is 1. The van der Waals surface area contributed by atoms with Crippen molar-refractivity contribution < 1.29 is 5.11 Å². The maximum atomic E-state index is 9.85. The summed E-state index contributed by atoms with van der Waals surface area (Å²) >= 11 is 0. The molecule has 0 spiro atoms. The fourth-order valence-electron chi connectivity index (χ4n) is 2.67. The highest BCUT2D eigenvalue weighted by Gasteiger charge is 2.35. The number of nitrogens with two attached hydrogens (primary N) is 1. The van der Waals surface area contributed by atoms with Crippen LogP contribution in [0.5, 0.6) is 0 Å². The molecule has 1 aliphatic rings. The van der Waals surface area contributed by atoms with Crippen LogP contribution in [0.4, 0.5) is 11.8 Å². The minimum atomic E-state index is -0.0938. The number of rotatable bonds is 4. The van der Waals surface area contributed by atoms with Crippen molar-refractivity contribution in [3.05, 3.63) is 23.9 Å². The van der Waals surface area contributed by atoms with E-state index in [0.717, 1.165) is 32.4 Å². The molecule has 2 rings (SSSR count). The van der Waals surface area contributed by atoms with Crippen molar-refractivity contribution in [2.45, 2.75) is 33.1 Å².